The number of fused-ring (bicyclic) bond motifs is 1. The topological polar surface area (TPSA) is 74.1 Å². The summed E-state index contributed by atoms with van der Waals surface area (Å²) in [5.41, 5.74) is 3.71. The molecule has 4 aromatic rings. The Kier molecular flexibility index (Phi) is 5.10. The molecule has 0 amide bonds. The number of Topliss-reactive ketones (excluding diaryl/α,β-unsaturated/α-hetero) is 1. The number of para-hydroxylation sites is 2. The molecular weight excluding hydrogens is 385 g/mol. The van der Waals surface area contributed by atoms with Crippen molar-refractivity contribution < 1.29 is 18.7 Å². The monoisotopic (exact) mass is 403 g/mol. The number of benzene rings is 2. The SMILES string of the molecule is Cc1cc(C(=O)COC(=O)c2cnc3ccccc3n2)c(C)n1-c1cccc(F)c1. The molecule has 0 aliphatic heterocycles. The number of ketones is 1. The first-order valence-corrected chi connectivity index (χ1v) is 9.31. The van der Waals surface area contributed by atoms with E-state index in [1.54, 1.807) is 47.9 Å². The van der Waals surface area contributed by atoms with Crippen LogP contribution in [0.15, 0.2) is 60.8 Å². The number of hydrogen-bond acceptors (Lipinski definition) is 5. The molecule has 0 atom stereocenters. The molecule has 0 aliphatic carbocycles. The highest BCUT2D eigenvalue weighted by atomic mass is 19.1. The van der Waals surface area contributed by atoms with Crippen LogP contribution >= 0.6 is 0 Å². The zero-order valence-corrected chi connectivity index (χ0v) is 16.4. The lowest BCUT2D eigenvalue weighted by atomic mass is 10.1. The van der Waals surface area contributed by atoms with Crippen molar-refractivity contribution in [2.75, 3.05) is 6.61 Å². The van der Waals surface area contributed by atoms with E-state index in [2.05, 4.69) is 9.97 Å². The van der Waals surface area contributed by atoms with Crippen molar-refractivity contribution in [1.29, 1.82) is 0 Å². The molecule has 30 heavy (non-hydrogen) atoms. The summed E-state index contributed by atoms with van der Waals surface area (Å²) in [4.78, 5) is 33.4. The molecule has 0 radical (unpaired) electrons. The van der Waals surface area contributed by atoms with Crippen LogP contribution in [0.2, 0.25) is 0 Å². The average molecular weight is 403 g/mol. The normalized spacial score (nSPS) is 10.9. The van der Waals surface area contributed by atoms with E-state index in [0.29, 0.717) is 28.0 Å². The van der Waals surface area contributed by atoms with Gasteiger partial charge < -0.3 is 9.30 Å². The number of ether oxygens (including phenoxy) is 1. The van der Waals surface area contributed by atoms with Gasteiger partial charge in [-0.05, 0) is 50.2 Å². The molecular formula is C23H18FN3O3. The summed E-state index contributed by atoms with van der Waals surface area (Å²) in [5.74, 6) is -1.44. The van der Waals surface area contributed by atoms with Crippen LogP contribution in [0, 0.1) is 19.7 Å². The zero-order chi connectivity index (χ0) is 21.3. The predicted octanol–water partition coefficient (Wildman–Crippen LogP) is 4.22. The van der Waals surface area contributed by atoms with Crippen LogP contribution in [0.25, 0.3) is 16.7 Å². The maximum Gasteiger partial charge on any atom is 0.359 e. The highest BCUT2D eigenvalue weighted by Crippen LogP contribution is 2.22. The summed E-state index contributed by atoms with van der Waals surface area (Å²) in [5, 5.41) is 0. The van der Waals surface area contributed by atoms with Crippen molar-refractivity contribution in [3.8, 4) is 5.69 Å². The summed E-state index contributed by atoms with van der Waals surface area (Å²) in [6, 6.07) is 15.0. The van der Waals surface area contributed by atoms with Gasteiger partial charge in [-0.15, -0.1) is 0 Å². The van der Waals surface area contributed by atoms with Crippen molar-refractivity contribution >= 4 is 22.8 Å². The number of esters is 1. The number of hydrogen-bond donors (Lipinski definition) is 0. The molecule has 0 saturated heterocycles. The molecule has 2 aromatic heterocycles. The second-order valence-electron chi connectivity index (χ2n) is 6.84. The van der Waals surface area contributed by atoms with Crippen molar-refractivity contribution in [1.82, 2.24) is 14.5 Å². The number of halogens is 1. The molecule has 2 aromatic carbocycles. The Hall–Kier alpha value is -3.87. The van der Waals surface area contributed by atoms with E-state index in [1.807, 2.05) is 13.0 Å². The lowest BCUT2D eigenvalue weighted by Gasteiger charge is -2.10. The molecule has 0 fully saturated rings. The van der Waals surface area contributed by atoms with Gasteiger partial charge in [-0.25, -0.2) is 14.2 Å². The quantitative estimate of drug-likeness (QED) is 0.369. The summed E-state index contributed by atoms with van der Waals surface area (Å²) in [6.07, 6.45) is 1.32. The summed E-state index contributed by atoms with van der Waals surface area (Å²) >= 11 is 0. The Morgan fingerprint density at radius 2 is 1.80 bits per heavy atom. The van der Waals surface area contributed by atoms with Crippen molar-refractivity contribution in [2.24, 2.45) is 0 Å². The van der Waals surface area contributed by atoms with Crippen LogP contribution in [-0.2, 0) is 4.74 Å². The first kappa shape index (κ1) is 19.4. The van der Waals surface area contributed by atoms with Crippen LogP contribution in [0.4, 0.5) is 4.39 Å². The highest BCUT2D eigenvalue weighted by Gasteiger charge is 2.19. The second kappa shape index (κ2) is 7.87. The first-order valence-electron chi connectivity index (χ1n) is 9.31. The Morgan fingerprint density at radius 1 is 1.03 bits per heavy atom. The standard InChI is InChI=1S/C23H18FN3O3/c1-14-10-18(15(2)27(14)17-7-5-6-16(24)11-17)22(28)13-30-23(29)21-12-25-19-8-3-4-9-20(19)26-21/h3-12H,13H2,1-2H3. The average Bonchev–Trinajstić information content (AvgIpc) is 3.05. The van der Waals surface area contributed by atoms with Gasteiger partial charge in [-0.1, -0.05) is 18.2 Å². The van der Waals surface area contributed by atoms with Gasteiger partial charge in [0.15, 0.2) is 12.3 Å². The van der Waals surface area contributed by atoms with Crippen molar-refractivity contribution in [3.63, 3.8) is 0 Å². The summed E-state index contributed by atoms with van der Waals surface area (Å²) < 4.78 is 20.5. The molecule has 7 heteroatoms. The Bertz CT molecular complexity index is 1280. The molecule has 0 N–H and O–H groups in total. The van der Waals surface area contributed by atoms with E-state index >= 15 is 0 Å². The molecule has 0 bridgehead atoms. The molecule has 0 aliphatic rings. The molecule has 0 spiro atoms. The lowest BCUT2D eigenvalue weighted by Crippen LogP contribution is -2.16. The Labute approximate surface area is 172 Å². The minimum atomic E-state index is -0.722. The fourth-order valence-corrected chi connectivity index (χ4v) is 3.40. The molecule has 4 rings (SSSR count). The van der Waals surface area contributed by atoms with E-state index in [9.17, 15) is 14.0 Å². The van der Waals surface area contributed by atoms with E-state index in [4.69, 9.17) is 4.74 Å². The lowest BCUT2D eigenvalue weighted by molar-refractivity contribution is 0.0468. The van der Waals surface area contributed by atoms with Crippen LogP contribution in [-0.4, -0.2) is 32.9 Å². The molecule has 2 heterocycles. The number of aromatic nitrogens is 3. The number of carbonyl (C=O) groups is 2. The van der Waals surface area contributed by atoms with Crippen LogP contribution in [0.3, 0.4) is 0 Å². The number of nitrogens with zero attached hydrogens (tertiary/aromatic N) is 3. The van der Waals surface area contributed by atoms with E-state index in [0.717, 1.165) is 5.69 Å². The number of rotatable bonds is 5. The number of aryl methyl sites for hydroxylation is 1. The predicted molar refractivity (Wildman–Crippen MR) is 109 cm³/mol. The van der Waals surface area contributed by atoms with E-state index < -0.39 is 12.6 Å². The van der Waals surface area contributed by atoms with Gasteiger partial charge in [-0.2, -0.15) is 0 Å². The van der Waals surface area contributed by atoms with Crippen molar-refractivity contribution in [2.45, 2.75) is 13.8 Å². The zero-order valence-electron chi connectivity index (χ0n) is 16.4. The van der Waals surface area contributed by atoms with Gasteiger partial charge >= 0.3 is 5.97 Å². The van der Waals surface area contributed by atoms with Gasteiger partial charge in [0.25, 0.3) is 0 Å². The molecule has 0 unspecified atom stereocenters. The van der Waals surface area contributed by atoms with Gasteiger partial charge in [-0.3, -0.25) is 9.78 Å². The van der Waals surface area contributed by atoms with Crippen molar-refractivity contribution in [3.05, 3.63) is 89.3 Å². The van der Waals surface area contributed by atoms with Gasteiger partial charge in [0.2, 0.25) is 5.78 Å². The third-order valence-corrected chi connectivity index (χ3v) is 4.79. The van der Waals surface area contributed by atoms with E-state index in [-0.39, 0.29) is 17.3 Å². The molecule has 150 valence electrons. The molecule has 6 nitrogen and oxygen atoms in total. The maximum absolute atomic E-state index is 13.6. The van der Waals surface area contributed by atoms with Crippen LogP contribution < -0.4 is 0 Å². The van der Waals surface area contributed by atoms with Gasteiger partial charge in [0, 0.05) is 22.6 Å². The largest absolute Gasteiger partial charge is 0.453 e. The maximum atomic E-state index is 13.6. The Balaban J connectivity index is 1.51. The third kappa shape index (κ3) is 3.69. The minimum absolute atomic E-state index is 0.0340. The fraction of sp³-hybridized carbons (Fsp3) is 0.130. The van der Waals surface area contributed by atoms with Crippen LogP contribution in [0.1, 0.15) is 32.2 Å². The third-order valence-electron chi connectivity index (χ3n) is 4.79. The smallest absolute Gasteiger partial charge is 0.359 e. The van der Waals surface area contributed by atoms with E-state index in [1.165, 1.54) is 18.3 Å². The second-order valence-corrected chi connectivity index (χ2v) is 6.84. The van der Waals surface area contributed by atoms with Gasteiger partial charge in [0.05, 0.1) is 17.2 Å². The summed E-state index contributed by atoms with van der Waals surface area (Å²) in [7, 11) is 0. The molecule has 0 saturated carbocycles. The fourth-order valence-electron chi connectivity index (χ4n) is 3.40. The van der Waals surface area contributed by atoms with Crippen LogP contribution in [0.5, 0.6) is 0 Å². The highest BCUT2D eigenvalue weighted by molar-refractivity contribution is 6.00. The minimum Gasteiger partial charge on any atom is -0.453 e. The number of carbonyl (C=O) groups excluding carboxylic acids is 2. The first-order chi connectivity index (χ1) is 14.4. The Morgan fingerprint density at radius 3 is 2.57 bits per heavy atom. The van der Waals surface area contributed by atoms with Gasteiger partial charge in [0.1, 0.15) is 5.82 Å². The summed E-state index contributed by atoms with van der Waals surface area (Å²) in [6.45, 7) is 3.16.